The van der Waals surface area contributed by atoms with Crippen molar-refractivity contribution < 1.29 is 14.0 Å². The predicted octanol–water partition coefficient (Wildman–Crippen LogP) is 4.14. The summed E-state index contributed by atoms with van der Waals surface area (Å²) in [6.45, 7) is 11.3. The van der Waals surface area contributed by atoms with E-state index in [1.165, 1.54) is 10.4 Å². The second kappa shape index (κ2) is 6.99. The van der Waals surface area contributed by atoms with Gasteiger partial charge in [-0.05, 0) is 15.4 Å². The predicted molar refractivity (Wildman–Crippen MR) is 123 cm³/mol. The Hall–Kier alpha value is -2.04. The van der Waals surface area contributed by atoms with E-state index in [-0.39, 0.29) is 22.5 Å². The minimum Gasteiger partial charge on any atom is -0.407 e. The fourth-order valence-corrected chi connectivity index (χ4v) is 10.5. The van der Waals surface area contributed by atoms with Crippen LogP contribution < -0.4 is 10.4 Å². The Bertz CT molecular complexity index is 923. The second-order valence-electron chi connectivity index (χ2n) is 10.5. The van der Waals surface area contributed by atoms with E-state index in [1.807, 2.05) is 19.1 Å². The van der Waals surface area contributed by atoms with Crippen molar-refractivity contribution in [3.63, 3.8) is 0 Å². The molecule has 4 heteroatoms. The molecule has 0 saturated heterocycles. The minimum absolute atomic E-state index is 0.126. The van der Waals surface area contributed by atoms with Crippen LogP contribution in [0.4, 0.5) is 0 Å². The van der Waals surface area contributed by atoms with E-state index in [9.17, 15) is 9.59 Å². The second-order valence-corrected chi connectivity index (χ2v) is 14.8. The van der Waals surface area contributed by atoms with Crippen molar-refractivity contribution in [1.29, 1.82) is 0 Å². The summed E-state index contributed by atoms with van der Waals surface area (Å²) in [7, 11) is -2.69. The highest BCUT2D eigenvalue weighted by Crippen LogP contribution is 2.62. The van der Waals surface area contributed by atoms with Gasteiger partial charge in [0.05, 0.1) is 0 Å². The molecule has 2 aliphatic carbocycles. The number of hydrogen-bond acceptors (Lipinski definition) is 3. The van der Waals surface area contributed by atoms with Gasteiger partial charge in [-0.1, -0.05) is 95.3 Å². The zero-order chi connectivity index (χ0) is 21.8. The molecule has 0 N–H and O–H groups in total. The highest BCUT2D eigenvalue weighted by atomic mass is 28.4. The molecule has 2 aliphatic rings. The van der Waals surface area contributed by atoms with Gasteiger partial charge in [-0.25, -0.2) is 0 Å². The van der Waals surface area contributed by atoms with Crippen LogP contribution >= 0.6 is 0 Å². The Kier molecular flexibility index (Phi) is 4.94. The lowest BCUT2D eigenvalue weighted by atomic mass is 9.69. The van der Waals surface area contributed by atoms with Crippen LogP contribution in [0.2, 0.25) is 5.04 Å². The van der Waals surface area contributed by atoms with Crippen molar-refractivity contribution in [1.82, 2.24) is 0 Å². The zero-order valence-corrected chi connectivity index (χ0v) is 19.7. The SMILES string of the molecule is CC(C)(C)[Si](OC[C@]1(C)[C@@H]2CC(=O)[C@@]1(C)CC2=O)(c1ccccc1)c1ccccc1. The molecular weight excluding hydrogens is 388 g/mol. The fraction of sp³-hybridized carbons (Fsp3) is 0.462. The highest BCUT2D eigenvalue weighted by Gasteiger charge is 2.68. The number of rotatable bonds is 5. The van der Waals surface area contributed by atoms with Crippen LogP contribution in [-0.4, -0.2) is 26.5 Å². The highest BCUT2D eigenvalue weighted by molar-refractivity contribution is 6.99. The van der Waals surface area contributed by atoms with Crippen LogP contribution in [0.3, 0.4) is 0 Å². The number of carbonyl (C=O) groups is 2. The maximum Gasteiger partial charge on any atom is 0.261 e. The van der Waals surface area contributed by atoms with E-state index in [2.05, 4.69) is 76.2 Å². The Morgan fingerprint density at radius 1 is 0.933 bits per heavy atom. The summed E-state index contributed by atoms with van der Waals surface area (Å²) in [5, 5.41) is 2.32. The Morgan fingerprint density at radius 2 is 1.43 bits per heavy atom. The van der Waals surface area contributed by atoms with Crippen molar-refractivity contribution in [2.45, 2.75) is 52.5 Å². The minimum atomic E-state index is -2.69. The Labute approximate surface area is 181 Å². The van der Waals surface area contributed by atoms with Crippen LogP contribution in [0.1, 0.15) is 47.5 Å². The maximum atomic E-state index is 12.8. The van der Waals surface area contributed by atoms with Crippen molar-refractivity contribution in [3.05, 3.63) is 60.7 Å². The lowest BCUT2D eigenvalue weighted by Gasteiger charge is -2.46. The molecule has 2 bridgehead atoms. The first-order valence-electron chi connectivity index (χ1n) is 10.9. The van der Waals surface area contributed by atoms with Gasteiger partial charge < -0.3 is 4.43 Å². The molecule has 2 aromatic rings. The van der Waals surface area contributed by atoms with Gasteiger partial charge in [-0.15, -0.1) is 0 Å². The normalized spacial score (nSPS) is 28.9. The van der Waals surface area contributed by atoms with Gasteiger partial charge in [0, 0.05) is 36.2 Å². The zero-order valence-electron chi connectivity index (χ0n) is 18.7. The molecule has 0 spiro atoms. The summed E-state index contributed by atoms with van der Waals surface area (Å²) < 4.78 is 7.13. The number of hydrogen-bond donors (Lipinski definition) is 0. The molecule has 3 atom stereocenters. The molecule has 0 aliphatic heterocycles. The van der Waals surface area contributed by atoms with Crippen LogP contribution in [0, 0.1) is 16.7 Å². The topological polar surface area (TPSA) is 43.4 Å². The monoisotopic (exact) mass is 420 g/mol. The number of ketones is 2. The fourth-order valence-electron chi connectivity index (χ4n) is 5.86. The first-order valence-corrected chi connectivity index (χ1v) is 12.8. The molecule has 4 rings (SSSR count). The van der Waals surface area contributed by atoms with E-state index in [4.69, 9.17) is 4.43 Å². The van der Waals surface area contributed by atoms with Crippen LogP contribution in [0.5, 0.6) is 0 Å². The van der Waals surface area contributed by atoms with E-state index >= 15 is 0 Å². The standard InChI is InChI=1S/C26H32O3Si/c1-24(2,3)30(19-12-8-6-9-13-19,20-14-10-7-11-15-20)29-18-26(5)21-16-23(28)25(26,4)17-22(21)27/h6-15,21H,16-18H2,1-5H3/t21-,25-,26-/m1/s1. The molecular formula is C26H32O3Si. The Morgan fingerprint density at radius 3 is 1.83 bits per heavy atom. The van der Waals surface area contributed by atoms with Gasteiger partial charge in [0.1, 0.15) is 11.6 Å². The van der Waals surface area contributed by atoms with Crippen molar-refractivity contribution >= 4 is 30.3 Å². The van der Waals surface area contributed by atoms with Gasteiger partial charge in [0.15, 0.2) is 0 Å². The van der Waals surface area contributed by atoms with Crippen molar-refractivity contribution in [2.75, 3.05) is 6.61 Å². The van der Waals surface area contributed by atoms with E-state index in [0.717, 1.165) is 0 Å². The summed E-state index contributed by atoms with van der Waals surface area (Å²) in [6, 6.07) is 21.1. The quantitative estimate of drug-likeness (QED) is 0.683. The first-order chi connectivity index (χ1) is 14.1. The molecule has 158 valence electrons. The van der Waals surface area contributed by atoms with Gasteiger partial charge >= 0.3 is 0 Å². The third-order valence-electron chi connectivity index (χ3n) is 7.96. The third-order valence-corrected chi connectivity index (χ3v) is 12.9. The van der Waals surface area contributed by atoms with Gasteiger partial charge in [0.25, 0.3) is 8.32 Å². The molecule has 2 saturated carbocycles. The molecule has 0 unspecified atom stereocenters. The Balaban J connectivity index is 1.83. The first kappa shape index (κ1) is 21.2. The molecule has 2 fully saturated rings. The number of Topliss-reactive ketones (excluding diaryl/α,β-unsaturated/α-hetero) is 2. The maximum absolute atomic E-state index is 12.8. The third kappa shape index (κ3) is 2.80. The lowest BCUT2D eigenvalue weighted by Crippen LogP contribution is -2.67. The summed E-state index contributed by atoms with van der Waals surface area (Å²) in [5.41, 5.74) is -1.06. The number of fused-ring (bicyclic) bond motifs is 2. The molecule has 0 aromatic heterocycles. The van der Waals surface area contributed by atoms with Crippen molar-refractivity contribution in [2.24, 2.45) is 16.7 Å². The average Bonchev–Trinajstić information content (AvgIpc) is 3.01. The number of carbonyl (C=O) groups excluding carboxylic acids is 2. The summed E-state index contributed by atoms with van der Waals surface area (Å²) in [6.07, 6.45) is 0.729. The van der Waals surface area contributed by atoms with Crippen LogP contribution in [-0.2, 0) is 14.0 Å². The molecule has 0 radical (unpaired) electrons. The molecule has 3 nitrogen and oxygen atoms in total. The number of benzene rings is 2. The van der Waals surface area contributed by atoms with Crippen molar-refractivity contribution in [3.8, 4) is 0 Å². The molecule has 30 heavy (non-hydrogen) atoms. The van der Waals surface area contributed by atoms with E-state index in [1.54, 1.807) is 0 Å². The summed E-state index contributed by atoms with van der Waals surface area (Å²) >= 11 is 0. The van der Waals surface area contributed by atoms with Crippen LogP contribution in [0.15, 0.2) is 60.7 Å². The van der Waals surface area contributed by atoms with E-state index < -0.39 is 19.1 Å². The van der Waals surface area contributed by atoms with E-state index in [0.29, 0.717) is 19.4 Å². The largest absolute Gasteiger partial charge is 0.407 e. The molecule has 0 amide bonds. The molecule has 2 aromatic carbocycles. The van der Waals surface area contributed by atoms with Gasteiger partial charge in [-0.3, -0.25) is 9.59 Å². The van der Waals surface area contributed by atoms with Gasteiger partial charge in [-0.2, -0.15) is 0 Å². The van der Waals surface area contributed by atoms with Gasteiger partial charge in [0.2, 0.25) is 0 Å². The van der Waals surface area contributed by atoms with Crippen LogP contribution in [0.25, 0.3) is 0 Å². The average molecular weight is 421 g/mol. The molecule has 0 heterocycles. The lowest BCUT2D eigenvalue weighted by molar-refractivity contribution is -0.133. The summed E-state index contributed by atoms with van der Waals surface area (Å²) in [4.78, 5) is 25.5. The summed E-state index contributed by atoms with van der Waals surface area (Å²) in [5.74, 6) is 0.236. The smallest absolute Gasteiger partial charge is 0.261 e.